The Morgan fingerprint density at radius 2 is 1.85 bits per heavy atom. The summed E-state index contributed by atoms with van der Waals surface area (Å²) < 4.78 is 10.3. The number of aryl methyl sites for hydroxylation is 1. The zero-order valence-corrected chi connectivity index (χ0v) is 15.3. The van der Waals surface area contributed by atoms with Crippen LogP contribution in [0.1, 0.15) is 5.56 Å². The lowest BCUT2D eigenvalue weighted by Crippen LogP contribution is -2.14. The lowest BCUT2D eigenvalue weighted by atomic mass is 10.2. The Balaban J connectivity index is 2.16. The number of methoxy groups -OCH3 is 2. The van der Waals surface area contributed by atoms with Crippen LogP contribution in [0, 0.1) is 18.3 Å². The van der Waals surface area contributed by atoms with E-state index in [0.717, 1.165) is 5.56 Å². The number of hydrogen-bond acceptors (Lipinski definition) is 5. The fourth-order valence-corrected chi connectivity index (χ4v) is 2.43. The van der Waals surface area contributed by atoms with Crippen molar-refractivity contribution >= 4 is 28.9 Å². The van der Waals surface area contributed by atoms with Gasteiger partial charge >= 0.3 is 0 Å². The first-order chi connectivity index (χ1) is 12.5. The van der Waals surface area contributed by atoms with Crippen molar-refractivity contribution in [1.82, 2.24) is 0 Å². The number of amides is 1. The Bertz CT molecular complexity index is 888. The van der Waals surface area contributed by atoms with E-state index in [4.69, 9.17) is 21.1 Å². The number of rotatable bonds is 6. The predicted octanol–water partition coefficient (Wildman–Crippen LogP) is 4.12. The van der Waals surface area contributed by atoms with E-state index in [0.29, 0.717) is 27.9 Å². The minimum Gasteiger partial charge on any atom is -0.495 e. The van der Waals surface area contributed by atoms with Gasteiger partial charge in [-0.1, -0.05) is 17.7 Å². The van der Waals surface area contributed by atoms with Crippen molar-refractivity contribution in [3.63, 3.8) is 0 Å². The number of nitriles is 1. The van der Waals surface area contributed by atoms with E-state index in [1.165, 1.54) is 13.3 Å². The fourth-order valence-electron chi connectivity index (χ4n) is 2.18. The predicted molar refractivity (Wildman–Crippen MR) is 102 cm³/mol. The number of anilines is 2. The van der Waals surface area contributed by atoms with Crippen LogP contribution in [0.5, 0.6) is 11.5 Å². The summed E-state index contributed by atoms with van der Waals surface area (Å²) in [7, 11) is 3.05. The van der Waals surface area contributed by atoms with Crippen molar-refractivity contribution in [2.75, 3.05) is 24.9 Å². The van der Waals surface area contributed by atoms with Gasteiger partial charge in [-0.15, -0.1) is 0 Å². The molecule has 0 spiro atoms. The Morgan fingerprint density at radius 3 is 2.46 bits per heavy atom. The number of ether oxygens (including phenoxy) is 2. The second kappa shape index (κ2) is 8.79. The third-order valence-electron chi connectivity index (χ3n) is 3.50. The standard InChI is InChI=1S/C19H18ClN3O3/c1-12-4-6-18(26-3)16(8-12)22-11-13(10-21)19(24)23-14-5-7-17(25-2)15(20)9-14/h4-9,11,22H,1-3H3,(H,23,24)/b13-11-. The Kier molecular flexibility index (Phi) is 6.48. The molecule has 0 atom stereocenters. The van der Waals surface area contributed by atoms with Crippen LogP contribution >= 0.6 is 11.6 Å². The summed E-state index contributed by atoms with van der Waals surface area (Å²) in [5.41, 5.74) is 2.02. The number of halogens is 1. The highest BCUT2D eigenvalue weighted by atomic mass is 35.5. The van der Waals surface area contributed by atoms with Gasteiger partial charge in [-0.05, 0) is 42.8 Å². The third kappa shape index (κ3) is 4.68. The third-order valence-corrected chi connectivity index (χ3v) is 3.80. The van der Waals surface area contributed by atoms with Gasteiger partial charge in [0, 0.05) is 11.9 Å². The number of benzene rings is 2. The molecule has 2 aromatic carbocycles. The molecule has 134 valence electrons. The Labute approximate surface area is 157 Å². The molecule has 0 unspecified atom stereocenters. The molecule has 0 aromatic heterocycles. The molecule has 26 heavy (non-hydrogen) atoms. The van der Waals surface area contributed by atoms with Crippen LogP contribution in [-0.4, -0.2) is 20.1 Å². The van der Waals surface area contributed by atoms with Crippen LogP contribution in [0.15, 0.2) is 48.2 Å². The molecule has 2 N–H and O–H groups in total. The van der Waals surface area contributed by atoms with Crippen molar-refractivity contribution in [3.8, 4) is 17.6 Å². The zero-order valence-electron chi connectivity index (χ0n) is 14.6. The van der Waals surface area contributed by atoms with E-state index in [9.17, 15) is 10.1 Å². The first-order valence-electron chi connectivity index (χ1n) is 7.64. The van der Waals surface area contributed by atoms with Gasteiger partial charge in [-0.25, -0.2) is 0 Å². The van der Waals surface area contributed by atoms with Crippen molar-refractivity contribution in [1.29, 1.82) is 5.26 Å². The molecular weight excluding hydrogens is 354 g/mol. The summed E-state index contributed by atoms with van der Waals surface area (Å²) in [4.78, 5) is 12.3. The molecule has 2 rings (SSSR count). The summed E-state index contributed by atoms with van der Waals surface area (Å²) in [6.45, 7) is 1.93. The molecule has 0 aliphatic carbocycles. The van der Waals surface area contributed by atoms with E-state index in [-0.39, 0.29) is 5.57 Å². The van der Waals surface area contributed by atoms with E-state index >= 15 is 0 Å². The van der Waals surface area contributed by atoms with E-state index < -0.39 is 5.91 Å². The smallest absolute Gasteiger partial charge is 0.267 e. The van der Waals surface area contributed by atoms with Gasteiger partial charge in [0.15, 0.2) is 0 Å². The molecule has 0 bridgehead atoms. The summed E-state index contributed by atoms with van der Waals surface area (Å²) in [6.07, 6.45) is 1.33. The van der Waals surface area contributed by atoms with Gasteiger partial charge in [-0.3, -0.25) is 4.79 Å². The van der Waals surface area contributed by atoms with Gasteiger partial charge < -0.3 is 20.1 Å². The molecule has 1 amide bonds. The van der Waals surface area contributed by atoms with Crippen molar-refractivity contribution in [3.05, 3.63) is 58.8 Å². The summed E-state index contributed by atoms with van der Waals surface area (Å²) in [5.74, 6) is 0.535. The molecule has 0 aliphatic rings. The lowest BCUT2D eigenvalue weighted by Gasteiger charge is -2.10. The normalized spacial score (nSPS) is 10.7. The second-order valence-corrected chi connectivity index (χ2v) is 5.73. The summed E-state index contributed by atoms with van der Waals surface area (Å²) in [5, 5.41) is 15.2. The quantitative estimate of drug-likeness (QED) is 0.589. The van der Waals surface area contributed by atoms with Crippen LogP contribution in [0.3, 0.4) is 0 Å². The van der Waals surface area contributed by atoms with Gasteiger partial charge in [-0.2, -0.15) is 5.26 Å². The molecule has 0 radical (unpaired) electrons. The van der Waals surface area contributed by atoms with Gasteiger partial charge in [0.1, 0.15) is 23.1 Å². The average molecular weight is 372 g/mol. The SMILES string of the molecule is COc1ccc(NC(=O)/C(C#N)=C\Nc2cc(C)ccc2OC)cc1Cl. The second-order valence-electron chi connectivity index (χ2n) is 5.32. The Morgan fingerprint density at radius 1 is 1.15 bits per heavy atom. The van der Waals surface area contributed by atoms with Gasteiger partial charge in [0.25, 0.3) is 5.91 Å². The zero-order chi connectivity index (χ0) is 19.1. The average Bonchev–Trinajstić information content (AvgIpc) is 2.62. The highest BCUT2D eigenvalue weighted by Gasteiger charge is 2.11. The fraction of sp³-hybridized carbons (Fsp3) is 0.158. The first-order valence-corrected chi connectivity index (χ1v) is 8.02. The molecule has 7 heteroatoms. The van der Waals surface area contributed by atoms with Crippen molar-refractivity contribution in [2.24, 2.45) is 0 Å². The van der Waals surface area contributed by atoms with Crippen LogP contribution in [0.25, 0.3) is 0 Å². The molecule has 0 fully saturated rings. The Hall–Kier alpha value is -3.17. The van der Waals surface area contributed by atoms with E-state index in [1.807, 2.05) is 25.1 Å². The van der Waals surface area contributed by atoms with Crippen LogP contribution < -0.4 is 20.1 Å². The van der Waals surface area contributed by atoms with E-state index in [1.54, 1.807) is 31.4 Å². The number of nitrogens with zero attached hydrogens (tertiary/aromatic N) is 1. The largest absolute Gasteiger partial charge is 0.495 e. The minimum atomic E-state index is -0.562. The van der Waals surface area contributed by atoms with Crippen LogP contribution in [-0.2, 0) is 4.79 Å². The molecule has 6 nitrogen and oxygen atoms in total. The van der Waals surface area contributed by atoms with Crippen molar-refractivity contribution < 1.29 is 14.3 Å². The van der Waals surface area contributed by atoms with Crippen molar-refractivity contribution in [2.45, 2.75) is 6.92 Å². The number of carbonyl (C=O) groups is 1. The number of nitrogens with one attached hydrogen (secondary N) is 2. The maximum atomic E-state index is 12.3. The highest BCUT2D eigenvalue weighted by molar-refractivity contribution is 6.32. The summed E-state index contributed by atoms with van der Waals surface area (Å²) >= 11 is 6.03. The topological polar surface area (TPSA) is 83.4 Å². The van der Waals surface area contributed by atoms with Gasteiger partial charge in [0.2, 0.25) is 0 Å². The maximum absolute atomic E-state index is 12.3. The molecule has 0 saturated heterocycles. The number of hydrogen-bond donors (Lipinski definition) is 2. The summed E-state index contributed by atoms with van der Waals surface area (Å²) in [6, 6.07) is 12.2. The van der Waals surface area contributed by atoms with Crippen LogP contribution in [0.4, 0.5) is 11.4 Å². The lowest BCUT2D eigenvalue weighted by molar-refractivity contribution is -0.112. The molecular formula is C19H18ClN3O3. The molecule has 0 saturated carbocycles. The molecule has 0 heterocycles. The number of carbonyl (C=O) groups excluding carboxylic acids is 1. The van der Waals surface area contributed by atoms with Gasteiger partial charge in [0.05, 0.1) is 24.9 Å². The van der Waals surface area contributed by atoms with E-state index in [2.05, 4.69) is 10.6 Å². The highest BCUT2D eigenvalue weighted by Crippen LogP contribution is 2.28. The first kappa shape index (κ1) is 19.2. The monoisotopic (exact) mass is 371 g/mol. The molecule has 2 aromatic rings. The molecule has 0 aliphatic heterocycles. The van der Waals surface area contributed by atoms with Crippen LogP contribution in [0.2, 0.25) is 5.02 Å². The minimum absolute atomic E-state index is 0.0968. The maximum Gasteiger partial charge on any atom is 0.267 e.